The van der Waals surface area contributed by atoms with Gasteiger partial charge in [-0.15, -0.1) is 0 Å². The molecule has 3 N–H and O–H groups in total. The van der Waals surface area contributed by atoms with E-state index in [-0.39, 0.29) is 16.9 Å². The van der Waals surface area contributed by atoms with Crippen molar-refractivity contribution in [1.82, 2.24) is 0 Å². The third kappa shape index (κ3) is 3.13. The van der Waals surface area contributed by atoms with Crippen molar-refractivity contribution in [3.63, 3.8) is 0 Å². The summed E-state index contributed by atoms with van der Waals surface area (Å²) in [7, 11) is 0. The molecule has 0 heterocycles. The summed E-state index contributed by atoms with van der Waals surface area (Å²) in [6, 6.07) is 3.35. The largest absolute Gasteiger partial charge is 0.507 e. The predicted octanol–water partition coefficient (Wildman–Crippen LogP) is 2.37. The second-order valence-electron chi connectivity index (χ2n) is 4.41. The van der Waals surface area contributed by atoms with E-state index in [4.69, 9.17) is 5.11 Å². The van der Waals surface area contributed by atoms with Gasteiger partial charge >= 0.3 is 5.97 Å². The minimum absolute atomic E-state index is 0.00788. The molecule has 1 aromatic carbocycles. The monoisotopic (exact) mass is 263 g/mol. The van der Waals surface area contributed by atoms with E-state index in [1.165, 1.54) is 13.8 Å². The van der Waals surface area contributed by atoms with Gasteiger partial charge in [-0.05, 0) is 39.3 Å². The molecule has 0 atom stereocenters. The molecule has 102 valence electrons. The van der Waals surface area contributed by atoms with Crippen molar-refractivity contribution in [2.45, 2.75) is 27.7 Å². The summed E-state index contributed by atoms with van der Waals surface area (Å²) < 4.78 is 0. The van der Waals surface area contributed by atoms with E-state index in [2.05, 4.69) is 5.32 Å². The van der Waals surface area contributed by atoms with Crippen molar-refractivity contribution in [2.24, 2.45) is 0 Å². The smallest absolute Gasteiger partial charge is 0.331 e. The first-order valence-electron chi connectivity index (χ1n) is 5.77. The highest BCUT2D eigenvalue weighted by atomic mass is 16.4. The maximum absolute atomic E-state index is 11.9. The van der Waals surface area contributed by atoms with E-state index in [1.54, 1.807) is 26.0 Å². The fraction of sp³-hybridized carbons (Fsp3) is 0.286. The molecule has 1 aromatic rings. The van der Waals surface area contributed by atoms with E-state index >= 15 is 0 Å². The minimum Gasteiger partial charge on any atom is -0.507 e. The van der Waals surface area contributed by atoms with Crippen molar-refractivity contribution in [2.75, 3.05) is 5.32 Å². The summed E-state index contributed by atoms with van der Waals surface area (Å²) in [6.07, 6.45) is 0. The van der Waals surface area contributed by atoms with Gasteiger partial charge < -0.3 is 15.5 Å². The van der Waals surface area contributed by atoms with Crippen LogP contribution < -0.4 is 5.32 Å². The number of rotatable bonds is 3. The molecular formula is C14H17NO4. The third-order valence-electron chi connectivity index (χ3n) is 3.10. The molecule has 1 rings (SSSR count). The molecule has 0 aliphatic heterocycles. The quantitative estimate of drug-likeness (QED) is 0.731. The van der Waals surface area contributed by atoms with Gasteiger partial charge in [0.25, 0.3) is 5.91 Å². The normalized spacial score (nSPS) is 11.8. The van der Waals surface area contributed by atoms with Crippen LogP contribution in [0.4, 0.5) is 5.69 Å². The molecular weight excluding hydrogens is 246 g/mol. The third-order valence-corrected chi connectivity index (χ3v) is 3.10. The number of phenols is 1. The van der Waals surface area contributed by atoms with Crippen LogP contribution in [0.1, 0.15) is 25.0 Å². The van der Waals surface area contributed by atoms with Crippen LogP contribution in [-0.4, -0.2) is 22.1 Å². The van der Waals surface area contributed by atoms with E-state index < -0.39 is 11.9 Å². The number of benzene rings is 1. The number of nitrogens with one attached hydrogen (secondary N) is 1. The minimum atomic E-state index is -1.13. The van der Waals surface area contributed by atoms with Crippen LogP contribution in [0, 0.1) is 13.8 Å². The Balaban J connectivity index is 3.05. The van der Waals surface area contributed by atoms with Gasteiger partial charge in [-0.25, -0.2) is 4.79 Å². The molecule has 0 fully saturated rings. The van der Waals surface area contributed by atoms with E-state index in [1.807, 2.05) is 0 Å². The van der Waals surface area contributed by atoms with Crippen LogP contribution >= 0.6 is 0 Å². The summed E-state index contributed by atoms with van der Waals surface area (Å²) >= 11 is 0. The van der Waals surface area contributed by atoms with Gasteiger partial charge in [0.15, 0.2) is 0 Å². The first-order chi connectivity index (χ1) is 8.75. The van der Waals surface area contributed by atoms with Gasteiger partial charge in [-0.2, -0.15) is 0 Å². The van der Waals surface area contributed by atoms with Crippen LogP contribution in [0.3, 0.4) is 0 Å². The SMILES string of the molecule is CC(C(=O)O)=C(C)C(=O)Nc1ccc(C)c(O)c1C. The van der Waals surface area contributed by atoms with Crippen molar-refractivity contribution in [3.8, 4) is 5.75 Å². The number of carboxylic acid groups (broad SMARTS) is 1. The Hall–Kier alpha value is -2.30. The molecule has 5 heteroatoms. The molecule has 0 radical (unpaired) electrons. The summed E-state index contributed by atoms with van der Waals surface area (Å²) in [5.74, 6) is -1.50. The van der Waals surface area contributed by atoms with Crippen LogP contribution in [-0.2, 0) is 9.59 Å². The molecule has 0 saturated heterocycles. The van der Waals surface area contributed by atoms with Gasteiger partial charge in [0, 0.05) is 22.4 Å². The average molecular weight is 263 g/mol. The Morgan fingerprint density at radius 3 is 2.21 bits per heavy atom. The molecule has 19 heavy (non-hydrogen) atoms. The standard InChI is InChI=1S/C14H17NO4/c1-7-5-6-11(10(4)12(7)16)15-13(17)8(2)9(3)14(18)19/h5-6,16H,1-4H3,(H,15,17)(H,18,19). The topological polar surface area (TPSA) is 86.6 Å². The van der Waals surface area contributed by atoms with Crippen LogP contribution in [0.2, 0.25) is 0 Å². The zero-order valence-corrected chi connectivity index (χ0v) is 11.4. The summed E-state index contributed by atoms with van der Waals surface area (Å²) in [6.45, 7) is 6.26. The maximum Gasteiger partial charge on any atom is 0.331 e. The number of aryl methyl sites for hydroxylation is 1. The second-order valence-corrected chi connectivity index (χ2v) is 4.41. The number of anilines is 1. The van der Waals surface area contributed by atoms with Gasteiger partial charge in [0.2, 0.25) is 0 Å². The molecule has 0 spiro atoms. The highest BCUT2D eigenvalue weighted by Crippen LogP contribution is 2.28. The Kier molecular flexibility index (Phi) is 4.32. The maximum atomic E-state index is 11.9. The second kappa shape index (κ2) is 5.56. The fourth-order valence-electron chi connectivity index (χ4n) is 1.52. The summed E-state index contributed by atoms with van der Waals surface area (Å²) in [5, 5.41) is 21.2. The van der Waals surface area contributed by atoms with Crippen LogP contribution in [0.5, 0.6) is 5.75 Å². The lowest BCUT2D eigenvalue weighted by Gasteiger charge is -2.12. The number of aromatic hydroxyl groups is 1. The van der Waals surface area contributed by atoms with E-state index in [0.29, 0.717) is 16.8 Å². The van der Waals surface area contributed by atoms with Crippen molar-refractivity contribution in [3.05, 3.63) is 34.4 Å². The Morgan fingerprint density at radius 2 is 1.68 bits per heavy atom. The number of amides is 1. The highest BCUT2D eigenvalue weighted by molar-refractivity contribution is 6.08. The lowest BCUT2D eigenvalue weighted by atomic mass is 10.1. The summed E-state index contributed by atoms with van der Waals surface area (Å²) in [5.41, 5.74) is 1.85. The first-order valence-corrected chi connectivity index (χ1v) is 5.77. The molecule has 1 amide bonds. The lowest BCUT2D eigenvalue weighted by molar-refractivity contribution is -0.133. The van der Waals surface area contributed by atoms with Crippen LogP contribution in [0.25, 0.3) is 0 Å². The molecule has 5 nitrogen and oxygen atoms in total. The number of hydrogen-bond acceptors (Lipinski definition) is 3. The molecule has 0 aliphatic rings. The zero-order chi connectivity index (χ0) is 14.7. The van der Waals surface area contributed by atoms with Gasteiger partial charge in [0.05, 0.1) is 0 Å². The summed E-state index contributed by atoms with van der Waals surface area (Å²) in [4.78, 5) is 22.7. The molecule has 0 aromatic heterocycles. The molecule has 0 unspecified atom stereocenters. The predicted molar refractivity (Wildman–Crippen MR) is 72.2 cm³/mol. The first kappa shape index (κ1) is 14.8. The number of hydrogen-bond donors (Lipinski definition) is 3. The van der Waals surface area contributed by atoms with Gasteiger partial charge in [-0.1, -0.05) is 6.07 Å². The van der Waals surface area contributed by atoms with Crippen molar-refractivity contribution < 1.29 is 19.8 Å². The number of carbonyl (C=O) groups is 2. The zero-order valence-electron chi connectivity index (χ0n) is 11.4. The molecule has 0 aliphatic carbocycles. The average Bonchev–Trinajstić information content (AvgIpc) is 2.37. The Morgan fingerprint density at radius 1 is 1.11 bits per heavy atom. The number of carbonyl (C=O) groups excluding carboxylic acids is 1. The number of aliphatic carboxylic acids is 1. The Labute approximate surface area is 111 Å². The van der Waals surface area contributed by atoms with E-state index in [9.17, 15) is 14.7 Å². The number of carboxylic acids is 1. The number of phenolic OH excluding ortho intramolecular Hbond substituents is 1. The van der Waals surface area contributed by atoms with Gasteiger partial charge in [0.1, 0.15) is 5.75 Å². The Bertz CT molecular complexity index is 573. The highest BCUT2D eigenvalue weighted by Gasteiger charge is 2.14. The van der Waals surface area contributed by atoms with Gasteiger partial charge in [-0.3, -0.25) is 4.79 Å². The van der Waals surface area contributed by atoms with Crippen molar-refractivity contribution >= 4 is 17.6 Å². The lowest BCUT2D eigenvalue weighted by Crippen LogP contribution is -2.16. The van der Waals surface area contributed by atoms with Crippen molar-refractivity contribution in [1.29, 1.82) is 0 Å². The van der Waals surface area contributed by atoms with Crippen LogP contribution in [0.15, 0.2) is 23.3 Å². The molecule has 0 saturated carbocycles. The van der Waals surface area contributed by atoms with E-state index in [0.717, 1.165) is 0 Å². The molecule has 0 bridgehead atoms. The fourth-order valence-corrected chi connectivity index (χ4v) is 1.52.